The van der Waals surface area contributed by atoms with Crippen molar-refractivity contribution in [3.05, 3.63) is 40.0 Å². The van der Waals surface area contributed by atoms with Crippen molar-refractivity contribution in [1.82, 2.24) is 4.98 Å². The second kappa shape index (κ2) is 6.29. The SMILES string of the molecule is COc1ccc(F)cc1-c1csc(C(C#N)=C2CCCC2)n1. The standard InChI is InChI=1S/C17H15FN2OS/c1-21-16-7-6-12(18)8-13(16)15-10-22-17(20-15)14(9-19)11-4-2-3-5-11/h6-8,10H,2-5H2,1H3. The fraction of sp³-hybridized carbons (Fsp3) is 0.294. The summed E-state index contributed by atoms with van der Waals surface area (Å²) in [5, 5.41) is 12.0. The summed E-state index contributed by atoms with van der Waals surface area (Å²) >= 11 is 1.42. The average Bonchev–Trinajstić information content (AvgIpc) is 3.20. The Morgan fingerprint density at radius 1 is 1.36 bits per heavy atom. The van der Waals surface area contributed by atoms with Gasteiger partial charge in [-0.1, -0.05) is 0 Å². The molecule has 0 saturated heterocycles. The molecule has 1 fully saturated rings. The number of allylic oxidation sites excluding steroid dienone is 2. The van der Waals surface area contributed by atoms with Crippen molar-refractivity contribution in [1.29, 1.82) is 5.26 Å². The topological polar surface area (TPSA) is 45.9 Å². The molecule has 1 heterocycles. The molecule has 22 heavy (non-hydrogen) atoms. The van der Waals surface area contributed by atoms with Gasteiger partial charge in [-0.2, -0.15) is 5.26 Å². The van der Waals surface area contributed by atoms with E-state index in [4.69, 9.17) is 4.74 Å². The molecule has 3 rings (SSSR count). The van der Waals surface area contributed by atoms with Gasteiger partial charge in [-0.15, -0.1) is 11.3 Å². The summed E-state index contributed by atoms with van der Waals surface area (Å²) in [7, 11) is 1.55. The maximum atomic E-state index is 13.5. The molecule has 0 spiro atoms. The molecular formula is C17H15FN2OS. The fourth-order valence-electron chi connectivity index (χ4n) is 2.72. The van der Waals surface area contributed by atoms with E-state index < -0.39 is 0 Å². The molecule has 1 aromatic heterocycles. The molecule has 1 saturated carbocycles. The van der Waals surface area contributed by atoms with Crippen molar-refractivity contribution in [3.63, 3.8) is 0 Å². The quantitative estimate of drug-likeness (QED) is 0.764. The van der Waals surface area contributed by atoms with Crippen molar-refractivity contribution in [2.75, 3.05) is 7.11 Å². The Kier molecular flexibility index (Phi) is 4.21. The Hall–Kier alpha value is -2.19. The minimum Gasteiger partial charge on any atom is -0.496 e. The molecule has 5 heteroatoms. The van der Waals surface area contributed by atoms with Gasteiger partial charge in [0, 0.05) is 10.9 Å². The number of thiazole rings is 1. The number of nitriles is 1. The molecule has 0 atom stereocenters. The Bertz CT molecular complexity index is 765. The maximum absolute atomic E-state index is 13.5. The minimum absolute atomic E-state index is 0.333. The van der Waals surface area contributed by atoms with Crippen LogP contribution in [0.3, 0.4) is 0 Å². The third kappa shape index (κ3) is 2.75. The Labute approximate surface area is 132 Å². The van der Waals surface area contributed by atoms with Gasteiger partial charge in [-0.25, -0.2) is 9.37 Å². The van der Waals surface area contributed by atoms with E-state index in [1.807, 2.05) is 5.38 Å². The summed E-state index contributed by atoms with van der Waals surface area (Å²) in [4.78, 5) is 4.54. The van der Waals surface area contributed by atoms with Crippen LogP contribution in [-0.2, 0) is 0 Å². The zero-order chi connectivity index (χ0) is 15.5. The van der Waals surface area contributed by atoms with Crippen LogP contribution in [0.25, 0.3) is 16.8 Å². The molecule has 0 bridgehead atoms. The van der Waals surface area contributed by atoms with Crippen molar-refractivity contribution in [2.45, 2.75) is 25.7 Å². The summed E-state index contributed by atoms with van der Waals surface area (Å²) in [6.45, 7) is 0. The van der Waals surface area contributed by atoms with Crippen LogP contribution in [0.2, 0.25) is 0 Å². The van der Waals surface area contributed by atoms with Crippen LogP contribution in [0.15, 0.2) is 29.2 Å². The molecule has 0 unspecified atom stereocenters. The molecule has 1 aliphatic rings. The van der Waals surface area contributed by atoms with E-state index >= 15 is 0 Å². The normalized spacial score (nSPS) is 14.0. The van der Waals surface area contributed by atoms with Crippen LogP contribution in [0.4, 0.5) is 4.39 Å². The summed E-state index contributed by atoms with van der Waals surface area (Å²) < 4.78 is 18.8. The third-order valence-electron chi connectivity index (χ3n) is 3.83. The molecule has 1 aliphatic carbocycles. The number of rotatable bonds is 3. The molecule has 0 radical (unpaired) electrons. The zero-order valence-corrected chi connectivity index (χ0v) is 13.0. The van der Waals surface area contributed by atoms with Gasteiger partial charge in [-0.05, 0) is 49.5 Å². The third-order valence-corrected chi connectivity index (χ3v) is 4.69. The number of ether oxygens (including phenoxy) is 1. The van der Waals surface area contributed by atoms with E-state index in [0.29, 0.717) is 27.6 Å². The molecule has 0 aliphatic heterocycles. The molecule has 3 nitrogen and oxygen atoms in total. The van der Waals surface area contributed by atoms with Gasteiger partial charge in [-0.3, -0.25) is 0 Å². The Balaban J connectivity index is 2.03. The van der Waals surface area contributed by atoms with Crippen molar-refractivity contribution in [2.24, 2.45) is 0 Å². The van der Waals surface area contributed by atoms with Crippen molar-refractivity contribution < 1.29 is 9.13 Å². The average molecular weight is 314 g/mol. The lowest BCUT2D eigenvalue weighted by Gasteiger charge is -2.06. The number of benzene rings is 1. The second-order valence-corrected chi connectivity index (χ2v) is 6.04. The first-order valence-electron chi connectivity index (χ1n) is 7.15. The van der Waals surface area contributed by atoms with E-state index in [0.717, 1.165) is 25.7 Å². The lowest BCUT2D eigenvalue weighted by Crippen LogP contribution is -1.91. The summed E-state index contributed by atoms with van der Waals surface area (Å²) in [5.41, 5.74) is 3.13. The van der Waals surface area contributed by atoms with Gasteiger partial charge in [0.05, 0.1) is 18.4 Å². The van der Waals surface area contributed by atoms with Gasteiger partial charge >= 0.3 is 0 Å². The van der Waals surface area contributed by atoms with Gasteiger partial charge in [0.1, 0.15) is 22.6 Å². The first-order chi connectivity index (χ1) is 10.7. The number of halogens is 1. The largest absolute Gasteiger partial charge is 0.496 e. The Morgan fingerprint density at radius 3 is 2.82 bits per heavy atom. The first-order valence-corrected chi connectivity index (χ1v) is 8.03. The van der Waals surface area contributed by atoms with E-state index in [-0.39, 0.29) is 5.82 Å². The molecular weight excluding hydrogens is 299 g/mol. The summed E-state index contributed by atoms with van der Waals surface area (Å²) in [6, 6.07) is 6.64. The summed E-state index contributed by atoms with van der Waals surface area (Å²) in [6.07, 6.45) is 4.22. The van der Waals surface area contributed by atoms with Crippen LogP contribution in [0.1, 0.15) is 30.7 Å². The highest BCUT2D eigenvalue weighted by Gasteiger charge is 2.18. The monoisotopic (exact) mass is 314 g/mol. The van der Waals surface area contributed by atoms with Crippen LogP contribution in [-0.4, -0.2) is 12.1 Å². The smallest absolute Gasteiger partial charge is 0.134 e. The molecule has 112 valence electrons. The molecule has 1 aromatic carbocycles. The second-order valence-electron chi connectivity index (χ2n) is 5.18. The zero-order valence-electron chi connectivity index (χ0n) is 12.2. The van der Waals surface area contributed by atoms with Crippen LogP contribution < -0.4 is 4.74 Å². The van der Waals surface area contributed by atoms with Gasteiger partial charge < -0.3 is 4.74 Å². The van der Waals surface area contributed by atoms with Crippen LogP contribution >= 0.6 is 11.3 Å². The number of nitrogens with zero attached hydrogens (tertiary/aromatic N) is 2. The van der Waals surface area contributed by atoms with Crippen LogP contribution in [0.5, 0.6) is 5.75 Å². The van der Waals surface area contributed by atoms with Gasteiger partial charge in [0.25, 0.3) is 0 Å². The minimum atomic E-state index is -0.333. The predicted molar refractivity (Wildman–Crippen MR) is 85.1 cm³/mol. The lowest BCUT2D eigenvalue weighted by atomic mass is 10.1. The predicted octanol–water partition coefficient (Wildman–Crippen LogP) is 4.81. The highest BCUT2D eigenvalue weighted by atomic mass is 32.1. The van der Waals surface area contributed by atoms with E-state index in [9.17, 15) is 9.65 Å². The lowest BCUT2D eigenvalue weighted by molar-refractivity contribution is 0.415. The number of aromatic nitrogens is 1. The van der Waals surface area contributed by atoms with E-state index in [2.05, 4.69) is 11.1 Å². The van der Waals surface area contributed by atoms with E-state index in [1.54, 1.807) is 13.2 Å². The number of hydrogen-bond acceptors (Lipinski definition) is 4. The van der Waals surface area contributed by atoms with Crippen LogP contribution in [0, 0.1) is 17.1 Å². The maximum Gasteiger partial charge on any atom is 0.134 e. The van der Waals surface area contributed by atoms with Gasteiger partial charge in [0.15, 0.2) is 0 Å². The summed E-state index contributed by atoms with van der Waals surface area (Å²) in [5.74, 6) is 0.241. The number of hydrogen-bond donors (Lipinski definition) is 0. The molecule has 2 aromatic rings. The molecule has 0 N–H and O–H groups in total. The van der Waals surface area contributed by atoms with Gasteiger partial charge in [0.2, 0.25) is 0 Å². The van der Waals surface area contributed by atoms with E-state index in [1.165, 1.54) is 29.0 Å². The van der Waals surface area contributed by atoms with Crippen molar-refractivity contribution in [3.8, 4) is 23.1 Å². The fourth-order valence-corrected chi connectivity index (χ4v) is 3.58. The Morgan fingerprint density at radius 2 is 2.14 bits per heavy atom. The highest BCUT2D eigenvalue weighted by Crippen LogP contribution is 2.36. The highest BCUT2D eigenvalue weighted by molar-refractivity contribution is 7.11. The van der Waals surface area contributed by atoms with Crippen molar-refractivity contribution >= 4 is 16.9 Å². The first kappa shape index (κ1) is 14.7. The number of methoxy groups -OCH3 is 1. The molecule has 0 amide bonds.